The average molecular weight is 555 g/mol. The van der Waals surface area contributed by atoms with Gasteiger partial charge < -0.3 is 14.2 Å². The Labute approximate surface area is 221 Å². The van der Waals surface area contributed by atoms with Gasteiger partial charge in [-0.05, 0) is 67.5 Å². The van der Waals surface area contributed by atoms with E-state index in [4.69, 9.17) is 49.6 Å². The van der Waals surface area contributed by atoms with E-state index in [1.807, 2.05) is 6.92 Å². The molecule has 2 aromatic carbocycles. The van der Waals surface area contributed by atoms with E-state index >= 15 is 0 Å². The number of aryl methyl sites for hydroxylation is 1. The minimum absolute atomic E-state index is 0.144. The van der Waals surface area contributed by atoms with Gasteiger partial charge in [-0.1, -0.05) is 41.0 Å². The van der Waals surface area contributed by atoms with Crippen molar-refractivity contribution in [2.75, 3.05) is 20.3 Å². The van der Waals surface area contributed by atoms with Crippen molar-refractivity contribution in [3.63, 3.8) is 0 Å². The number of amides is 2. The smallest absolute Gasteiger partial charge is 0.344 e. The Balaban J connectivity index is 1.79. The van der Waals surface area contributed by atoms with Gasteiger partial charge in [0.25, 0.3) is 11.8 Å². The lowest BCUT2D eigenvalue weighted by atomic mass is 10.1. The largest absolute Gasteiger partial charge is 0.493 e. The first kappa shape index (κ1) is 26.8. The quantitative estimate of drug-likeness (QED) is 0.282. The van der Waals surface area contributed by atoms with Crippen LogP contribution in [0.2, 0.25) is 10.0 Å². The Morgan fingerprint density at radius 2 is 1.94 bits per heavy atom. The topological polar surface area (TPSA) is 94.2 Å². The number of nitrogens with zero attached hydrogens (tertiary/aromatic N) is 1. The number of hydrazine groups is 1. The van der Waals surface area contributed by atoms with Crippen molar-refractivity contribution < 1.29 is 28.6 Å². The van der Waals surface area contributed by atoms with Crippen molar-refractivity contribution in [3.05, 3.63) is 62.0 Å². The van der Waals surface area contributed by atoms with Crippen LogP contribution in [0.5, 0.6) is 11.5 Å². The van der Waals surface area contributed by atoms with Crippen LogP contribution in [0, 0.1) is 6.92 Å². The highest BCUT2D eigenvalue weighted by molar-refractivity contribution is 8.26. The summed E-state index contributed by atoms with van der Waals surface area (Å²) in [6, 6.07) is 8.09. The van der Waals surface area contributed by atoms with Gasteiger partial charge in [0, 0.05) is 0 Å². The Morgan fingerprint density at radius 1 is 1.20 bits per heavy atom. The second kappa shape index (κ2) is 11.8. The summed E-state index contributed by atoms with van der Waals surface area (Å²) in [5.74, 6) is -1.22. The molecule has 8 nitrogen and oxygen atoms in total. The average Bonchev–Trinajstić information content (AvgIpc) is 3.05. The number of thiocarbonyl (C=S) groups is 1. The summed E-state index contributed by atoms with van der Waals surface area (Å²) < 4.78 is 15.8. The van der Waals surface area contributed by atoms with Crippen molar-refractivity contribution in [3.8, 4) is 11.5 Å². The van der Waals surface area contributed by atoms with Crippen molar-refractivity contribution in [1.82, 2.24) is 10.4 Å². The van der Waals surface area contributed by atoms with Gasteiger partial charge in [-0.2, -0.15) is 5.01 Å². The molecule has 0 aromatic heterocycles. The molecule has 0 bridgehead atoms. The van der Waals surface area contributed by atoms with Crippen LogP contribution >= 0.6 is 47.2 Å². The van der Waals surface area contributed by atoms with Crippen LogP contribution in [0.4, 0.5) is 0 Å². The number of esters is 1. The third kappa shape index (κ3) is 6.46. The van der Waals surface area contributed by atoms with Crippen LogP contribution in [-0.4, -0.2) is 47.4 Å². The fourth-order valence-electron chi connectivity index (χ4n) is 2.98. The molecule has 1 aliphatic heterocycles. The first-order valence-corrected chi connectivity index (χ1v) is 12.1. The monoisotopic (exact) mass is 554 g/mol. The predicted octanol–water partition coefficient (Wildman–Crippen LogP) is 4.80. The molecule has 0 spiro atoms. The fourth-order valence-corrected chi connectivity index (χ4v) is 4.75. The van der Waals surface area contributed by atoms with Crippen LogP contribution in [0.25, 0.3) is 6.08 Å². The number of rotatable bonds is 8. The van der Waals surface area contributed by atoms with Gasteiger partial charge in [-0.15, -0.1) is 0 Å². The number of carbonyl (C=O) groups is 3. The molecule has 1 fully saturated rings. The Hall–Kier alpha value is -2.79. The summed E-state index contributed by atoms with van der Waals surface area (Å²) >= 11 is 18.8. The number of carbonyl (C=O) groups excluding carboxylic acids is 3. The number of benzene rings is 2. The van der Waals surface area contributed by atoms with E-state index in [0.29, 0.717) is 5.56 Å². The van der Waals surface area contributed by atoms with Gasteiger partial charge in [0.2, 0.25) is 0 Å². The van der Waals surface area contributed by atoms with Crippen molar-refractivity contribution in [2.24, 2.45) is 0 Å². The van der Waals surface area contributed by atoms with Gasteiger partial charge in [-0.25, -0.2) is 4.79 Å². The molecule has 2 amide bonds. The van der Waals surface area contributed by atoms with Crippen LogP contribution in [-0.2, 0) is 14.3 Å². The highest BCUT2D eigenvalue weighted by Gasteiger charge is 2.34. The Kier molecular flexibility index (Phi) is 9.01. The third-order valence-electron chi connectivity index (χ3n) is 4.57. The maximum absolute atomic E-state index is 12.9. The standard InChI is InChI=1S/C23H20Cl2N2O6S2/c1-4-32-19(28)11-33-20-16(25)8-13(9-17(20)31-3)10-18-22(30)27(23(34)35-18)26-21(29)14-6-5-12(2)7-15(14)24/h5-10H,4,11H2,1-3H3,(H,26,29)/b18-10-. The van der Waals surface area contributed by atoms with Crippen LogP contribution in [0.3, 0.4) is 0 Å². The number of halogens is 2. The van der Waals surface area contributed by atoms with Crippen molar-refractivity contribution in [2.45, 2.75) is 13.8 Å². The SMILES string of the molecule is CCOC(=O)COc1c(Cl)cc(/C=C2\SC(=S)N(NC(=O)c3ccc(C)cc3Cl)C2=O)cc1OC. The Bertz CT molecular complexity index is 1230. The summed E-state index contributed by atoms with van der Waals surface area (Å²) in [4.78, 5) is 37.4. The number of hydrogen-bond acceptors (Lipinski definition) is 8. The summed E-state index contributed by atoms with van der Waals surface area (Å²) in [5, 5.41) is 1.41. The van der Waals surface area contributed by atoms with Crippen LogP contribution < -0.4 is 14.9 Å². The van der Waals surface area contributed by atoms with E-state index in [1.54, 1.807) is 43.3 Å². The van der Waals surface area contributed by atoms with Gasteiger partial charge in [0.05, 0.1) is 34.2 Å². The van der Waals surface area contributed by atoms with Gasteiger partial charge in [-0.3, -0.25) is 15.0 Å². The normalized spacial score (nSPS) is 14.3. The minimum Gasteiger partial charge on any atom is -0.493 e. The first-order valence-electron chi connectivity index (χ1n) is 10.2. The zero-order valence-corrected chi connectivity index (χ0v) is 22.0. The number of hydrogen-bond donors (Lipinski definition) is 1. The molecular weight excluding hydrogens is 535 g/mol. The van der Waals surface area contributed by atoms with Crippen LogP contribution in [0.15, 0.2) is 35.2 Å². The maximum atomic E-state index is 12.9. The third-order valence-corrected chi connectivity index (χ3v) is 6.46. The molecule has 0 saturated carbocycles. The molecule has 1 heterocycles. The first-order chi connectivity index (χ1) is 16.6. The van der Waals surface area contributed by atoms with Crippen molar-refractivity contribution in [1.29, 1.82) is 0 Å². The molecule has 0 unspecified atom stereocenters. The molecule has 1 aliphatic rings. The van der Waals surface area contributed by atoms with E-state index in [-0.39, 0.29) is 49.5 Å². The van der Waals surface area contributed by atoms with E-state index in [0.717, 1.165) is 22.3 Å². The van der Waals surface area contributed by atoms with Gasteiger partial charge in [0.15, 0.2) is 22.4 Å². The fraction of sp³-hybridized carbons (Fsp3) is 0.217. The zero-order chi connectivity index (χ0) is 25.7. The minimum atomic E-state index is -0.569. The molecule has 12 heteroatoms. The number of ether oxygens (including phenoxy) is 3. The second-order valence-corrected chi connectivity index (χ2v) is 9.56. The summed E-state index contributed by atoms with van der Waals surface area (Å²) in [5.41, 5.74) is 4.12. The van der Waals surface area contributed by atoms with Crippen LogP contribution in [0.1, 0.15) is 28.4 Å². The molecule has 35 heavy (non-hydrogen) atoms. The molecule has 0 aliphatic carbocycles. The molecule has 0 atom stereocenters. The highest BCUT2D eigenvalue weighted by Crippen LogP contribution is 2.39. The molecule has 1 saturated heterocycles. The lowest BCUT2D eigenvalue weighted by Crippen LogP contribution is -2.44. The second-order valence-electron chi connectivity index (χ2n) is 7.07. The van der Waals surface area contributed by atoms with Crippen molar-refractivity contribution >= 4 is 75.4 Å². The van der Waals surface area contributed by atoms with E-state index in [9.17, 15) is 14.4 Å². The van der Waals surface area contributed by atoms with E-state index in [1.165, 1.54) is 7.11 Å². The number of methoxy groups -OCH3 is 1. The number of thioether (sulfide) groups is 1. The molecule has 0 radical (unpaired) electrons. The highest BCUT2D eigenvalue weighted by atomic mass is 35.5. The lowest BCUT2D eigenvalue weighted by Gasteiger charge is -2.16. The maximum Gasteiger partial charge on any atom is 0.344 e. The summed E-state index contributed by atoms with van der Waals surface area (Å²) in [6.07, 6.45) is 1.55. The van der Waals surface area contributed by atoms with E-state index in [2.05, 4.69) is 5.43 Å². The number of nitrogens with one attached hydrogen (secondary N) is 1. The summed E-state index contributed by atoms with van der Waals surface area (Å²) in [7, 11) is 1.41. The molecule has 3 rings (SSSR count). The van der Waals surface area contributed by atoms with Gasteiger partial charge >= 0.3 is 5.97 Å². The molecule has 184 valence electrons. The van der Waals surface area contributed by atoms with Gasteiger partial charge in [0.1, 0.15) is 0 Å². The molecule has 2 aromatic rings. The lowest BCUT2D eigenvalue weighted by molar-refractivity contribution is -0.145. The van der Waals surface area contributed by atoms with E-state index < -0.39 is 17.8 Å². The predicted molar refractivity (Wildman–Crippen MR) is 139 cm³/mol. The summed E-state index contributed by atoms with van der Waals surface area (Å²) in [6.45, 7) is 3.42. The Morgan fingerprint density at radius 3 is 2.60 bits per heavy atom. The zero-order valence-electron chi connectivity index (χ0n) is 18.8. The molecular formula is C23H20Cl2N2O6S2. The molecule has 1 N–H and O–H groups in total.